The third-order valence-corrected chi connectivity index (χ3v) is 2.01. The average Bonchev–Trinajstić information content (AvgIpc) is 2.29. The van der Waals surface area contributed by atoms with Gasteiger partial charge in [0, 0.05) is 30.5 Å². The maximum absolute atomic E-state index is 11.8. The summed E-state index contributed by atoms with van der Waals surface area (Å²) in [5.41, 5.74) is 5.51. The van der Waals surface area contributed by atoms with E-state index in [9.17, 15) is 4.79 Å². The molecule has 14 heavy (non-hydrogen) atoms. The number of imidazole rings is 1. The van der Waals surface area contributed by atoms with Crippen molar-refractivity contribution in [1.82, 2.24) is 9.13 Å². The second-order valence-electron chi connectivity index (χ2n) is 4.70. The Labute approximate surface area is 84.3 Å². The van der Waals surface area contributed by atoms with Crippen LogP contribution in [0.3, 0.4) is 0 Å². The SMILES string of the molecule is CC(C)n1ccn(CC(C)(C)N)c1=O. The van der Waals surface area contributed by atoms with Crippen molar-refractivity contribution in [3.63, 3.8) is 0 Å². The number of aromatic nitrogens is 2. The molecule has 1 aromatic rings. The van der Waals surface area contributed by atoms with Crippen molar-refractivity contribution in [3.8, 4) is 0 Å². The molecule has 1 rings (SSSR count). The van der Waals surface area contributed by atoms with Gasteiger partial charge in [0.1, 0.15) is 0 Å². The van der Waals surface area contributed by atoms with Gasteiger partial charge in [0.15, 0.2) is 0 Å². The molecule has 4 nitrogen and oxygen atoms in total. The van der Waals surface area contributed by atoms with Gasteiger partial charge in [-0.1, -0.05) is 0 Å². The Morgan fingerprint density at radius 2 is 2.00 bits per heavy atom. The van der Waals surface area contributed by atoms with Crippen LogP contribution in [-0.2, 0) is 6.54 Å². The highest BCUT2D eigenvalue weighted by molar-refractivity contribution is 4.86. The summed E-state index contributed by atoms with van der Waals surface area (Å²) in [6.45, 7) is 8.34. The van der Waals surface area contributed by atoms with E-state index in [1.165, 1.54) is 0 Å². The fourth-order valence-electron chi connectivity index (χ4n) is 1.38. The van der Waals surface area contributed by atoms with Gasteiger partial charge in [-0.15, -0.1) is 0 Å². The normalized spacial score (nSPS) is 12.4. The van der Waals surface area contributed by atoms with E-state index < -0.39 is 0 Å². The van der Waals surface area contributed by atoms with Crippen LogP contribution in [-0.4, -0.2) is 14.7 Å². The van der Waals surface area contributed by atoms with E-state index in [4.69, 9.17) is 5.73 Å². The lowest BCUT2D eigenvalue weighted by atomic mass is 10.1. The fourth-order valence-corrected chi connectivity index (χ4v) is 1.38. The number of rotatable bonds is 3. The van der Waals surface area contributed by atoms with E-state index >= 15 is 0 Å². The lowest BCUT2D eigenvalue weighted by Crippen LogP contribution is -2.40. The Morgan fingerprint density at radius 1 is 1.43 bits per heavy atom. The van der Waals surface area contributed by atoms with Gasteiger partial charge < -0.3 is 5.73 Å². The Morgan fingerprint density at radius 3 is 2.36 bits per heavy atom. The second kappa shape index (κ2) is 3.61. The fraction of sp³-hybridized carbons (Fsp3) is 0.700. The predicted molar refractivity (Wildman–Crippen MR) is 57.3 cm³/mol. The molecule has 2 N–H and O–H groups in total. The van der Waals surface area contributed by atoms with Crippen molar-refractivity contribution < 1.29 is 0 Å². The molecule has 0 spiro atoms. The minimum Gasteiger partial charge on any atom is -0.324 e. The van der Waals surface area contributed by atoms with Crippen molar-refractivity contribution in [2.45, 2.75) is 45.8 Å². The molecular formula is C10H19N3O. The highest BCUT2D eigenvalue weighted by atomic mass is 16.1. The first-order valence-corrected chi connectivity index (χ1v) is 4.87. The van der Waals surface area contributed by atoms with E-state index in [1.54, 1.807) is 21.5 Å². The molecule has 0 aromatic carbocycles. The molecule has 0 aliphatic heterocycles. The van der Waals surface area contributed by atoms with Crippen LogP contribution in [0.1, 0.15) is 33.7 Å². The Bertz CT molecular complexity index is 354. The van der Waals surface area contributed by atoms with Crippen molar-refractivity contribution in [2.75, 3.05) is 0 Å². The second-order valence-corrected chi connectivity index (χ2v) is 4.70. The molecule has 0 aliphatic rings. The molecular weight excluding hydrogens is 178 g/mol. The largest absolute Gasteiger partial charge is 0.328 e. The van der Waals surface area contributed by atoms with Crippen molar-refractivity contribution in [2.24, 2.45) is 5.73 Å². The van der Waals surface area contributed by atoms with Gasteiger partial charge in [0.2, 0.25) is 0 Å². The zero-order chi connectivity index (χ0) is 10.9. The maximum atomic E-state index is 11.8. The van der Waals surface area contributed by atoms with Gasteiger partial charge in [-0.2, -0.15) is 0 Å². The first-order chi connectivity index (χ1) is 6.31. The Kier molecular flexibility index (Phi) is 2.85. The standard InChI is InChI=1S/C10H19N3O/c1-8(2)13-6-5-12(9(13)14)7-10(3,4)11/h5-6,8H,7,11H2,1-4H3. The molecule has 0 atom stereocenters. The number of hydrogen-bond acceptors (Lipinski definition) is 2. The average molecular weight is 197 g/mol. The summed E-state index contributed by atoms with van der Waals surface area (Å²) in [6, 6.07) is 0.199. The summed E-state index contributed by atoms with van der Waals surface area (Å²) in [4.78, 5) is 11.8. The van der Waals surface area contributed by atoms with Crippen LogP contribution in [0.4, 0.5) is 0 Å². The van der Waals surface area contributed by atoms with Gasteiger partial charge in [-0.25, -0.2) is 4.79 Å². The summed E-state index contributed by atoms with van der Waals surface area (Å²) in [7, 11) is 0. The van der Waals surface area contributed by atoms with Gasteiger partial charge >= 0.3 is 5.69 Å². The summed E-state index contributed by atoms with van der Waals surface area (Å²) in [5, 5.41) is 0. The Hall–Kier alpha value is -1.03. The maximum Gasteiger partial charge on any atom is 0.328 e. The van der Waals surface area contributed by atoms with Crippen LogP contribution in [0.2, 0.25) is 0 Å². The smallest absolute Gasteiger partial charge is 0.324 e. The molecule has 1 heterocycles. The van der Waals surface area contributed by atoms with Crippen LogP contribution in [0.15, 0.2) is 17.2 Å². The van der Waals surface area contributed by atoms with E-state index in [2.05, 4.69) is 0 Å². The lowest BCUT2D eigenvalue weighted by molar-refractivity contribution is 0.419. The number of nitrogens with zero attached hydrogens (tertiary/aromatic N) is 2. The van der Waals surface area contributed by atoms with Crippen LogP contribution in [0.25, 0.3) is 0 Å². The number of hydrogen-bond donors (Lipinski definition) is 1. The summed E-state index contributed by atoms with van der Waals surface area (Å²) >= 11 is 0. The molecule has 0 bridgehead atoms. The minimum absolute atomic E-state index is 0.0125. The van der Waals surface area contributed by atoms with E-state index in [0.29, 0.717) is 6.54 Å². The summed E-state index contributed by atoms with van der Waals surface area (Å²) < 4.78 is 3.35. The molecule has 0 radical (unpaired) electrons. The van der Waals surface area contributed by atoms with Gasteiger partial charge in [0.05, 0.1) is 0 Å². The van der Waals surface area contributed by atoms with Crippen molar-refractivity contribution >= 4 is 0 Å². The number of nitrogens with two attached hydrogens (primary N) is 1. The third kappa shape index (κ3) is 2.48. The zero-order valence-electron chi connectivity index (χ0n) is 9.32. The topological polar surface area (TPSA) is 52.9 Å². The quantitative estimate of drug-likeness (QED) is 0.785. The third-order valence-electron chi connectivity index (χ3n) is 2.01. The molecule has 0 aliphatic carbocycles. The van der Waals surface area contributed by atoms with E-state index in [0.717, 1.165) is 0 Å². The molecule has 0 amide bonds. The van der Waals surface area contributed by atoms with Crippen LogP contribution in [0.5, 0.6) is 0 Å². The monoisotopic (exact) mass is 197 g/mol. The van der Waals surface area contributed by atoms with E-state index in [1.807, 2.05) is 27.7 Å². The molecule has 1 aromatic heterocycles. The minimum atomic E-state index is -0.354. The van der Waals surface area contributed by atoms with Crippen molar-refractivity contribution in [3.05, 3.63) is 22.9 Å². The molecule has 80 valence electrons. The molecule has 0 unspecified atom stereocenters. The van der Waals surface area contributed by atoms with Crippen LogP contribution in [0, 0.1) is 0 Å². The highest BCUT2D eigenvalue weighted by Crippen LogP contribution is 2.03. The molecule has 0 saturated heterocycles. The molecule has 4 heteroatoms. The first-order valence-electron chi connectivity index (χ1n) is 4.87. The molecule has 0 fully saturated rings. The zero-order valence-corrected chi connectivity index (χ0v) is 9.32. The summed E-state index contributed by atoms with van der Waals surface area (Å²) in [6.07, 6.45) is 3.59. The van der Waals surface area contributed by atoms with Gasteiger partial charge in [-0.3, -0.25) is 9.13 Å². The van der Waals surface area contributed by atoms with E-state index in [-0.39, 0.29) is 17.3 Å². The van der Waals surface area contributed by atoms with Gasteiger partial charge in [-0.05, 0) is 27.7 Å². The highest BCUT2D eigenvalue weighted by Gasteiger charge is 2.14. The lowest BCUT2D eigenvalue weighted by Gasteiger charge is -2.18. The predicted octanol–water partition coefficient (Wildman–Crippen LogP) is 0.968. The van der Waals surface area contributed by atoms with Gasteiger partial charge in [0.25, 0.3) is 0 Å². The first kappa shape index (κ1) is 11.0. The van der Waals surface area contributed by atoms with Crippen LogP contribution < -0.4 is 11.4 Å². The van der Waals surface area contributed by atoms with Crippen molar-refractivity contribution in [1.29, 1.82) is 0 Å². The summed E-state index contributed by atoms with van der Waals surface area (Å²) in [5.74, 6) is 0. The van der Waals surface area contributed by atoms with Crippen LogP contribution >= 0.6 is 0 Å². The molecule has 0 saturated carbocycles. The Balaban J connectivity index is 2.97.